The molecule has 0 radical (unpaired) electrons. The quantitative estimate of drug-likeness (QED) is 0.116. The first kappa shape index (κ1) is 46.4. The summed E-state index contributed by atoms with van der Waals surface area (Å²) in [6.45, 7) is 15.6. The van der Waals surface area contributed by atoms with Gasteiger partial charge in [-0.1, -0.05) is 69.3 Å². The third-order valence-electron chi connectivity index (χ3n) is 12.3. The lowest BCUT2D eigenvalue weighted by Gasteiger charge is -2.35. The molecule has 0 saturated carbocycles. The average molecular weight is 906 g/mol. The second-order valence-corrected chi connectivity index (χ2v) is 20.4. The molecule has 2 aliphatic rings. The third-order valence-corrected chi connectivity index (χ3v) is 14.4. The van der Waals surface area contributed by atoms with E-state index in [9.17, 15) is 24.3 Å². The molecule has 1 saturated heterocycles. The number of aliphatic imine (C=N–C) groups is 1. The molecule has 5 atom stereocenters. The fraction of sp³-hybridized carbons (Fsp3) is 0.458. The molecular formula is C48H59N9O5S2. The highest BCUT2D eigenvalue weighted by molar-refractivity contribution is 7.15. The number of aliphatic hydroxyl groups is 1. The van der Waals surface area contributed by atoms with Crippen LogP contribution in [-0.2, 0) is 25.6 Å². The number of hydrogen-bond acceptors (Lipinski definition) is 11. The van der Waals surface area contributed by atoms with Gasteiger partial charge in [0.2, 0.25) is 23.6 Å². The van der Waals surface area contributed by atoms with Gasteiger partial charge in [0, 0.05) is 49.5 Å². The summed E-state index contributed by atoms with van der Waals surface area (Å²) in [5.74, 6) is 0.320. The van der Waals surface area contributed by atoms with Crippen molar-refractivity contribution in [2.75, 3.05) is 20.6 Å². The SMILES string of the molecule is Cc1ncsc1-c1ccc([C@H](C)NC(=O)[C@@H]2C[C@@H](O)CN2C(=O)[C@@H](NC(=O)CCCc2ccc(C3=N[C@@H](CC(=O)N(C)C)c4nnc(C)n4-c4sc(C)c(C)c43)cc2)C(C)(C)C)cc1. The smallest absolute Gasteiger partial charge is 0.246 e. The van der Waals surface area contributed by atoms with Gasteiger partial charge in [-0.3, -0.25) is 28.7 Å². The lowest BCUT2D eigenvalue weighted by molar-refractivity contribution is -0.144. The molecule has 4 amide bonds. The van der Waals surface area contributed by atoms with Crippen LogP contribution in [0.25, 0.3) is 15.4 Å². The minimum atomic E-state index is -0.914. The number of carbonyl (C=O) groups is 4. The minimum absolute atomic E-state index is 0.00172. The highest BCUT2D eigenvalue weighted by Gasteiger charge is 2.45. The summed E-state index contributed by atoms with van der Waals surface area (Å²) >= 11 is 3.25. The van der Waals surface area contributed by atoms with Gasteiger partial charge in [0.15, 0.2) is 5.82 Å². The summed E-state index contributed by atoms with van der Waals surface area (Å²) < 4.78 is 2.04. The van der Waals surface area contributed by atoms with E-state index in [1.807, 2.05) is 100 Å². The molecule has 7 rings (SSSR count). The van der Waals surface area contributed by atoms with Crippen LogP contribution in [0.1, 0.15) is 115 Å². The first-order valence-corrected chi connectivity index (χ1v) is 23.5. The summed E-state index contributed by atoms with van der Waals surface area (Å²) in [4.78, 5) is 69.4. The van der Waals surface area contributed by atoms with Crippen LogP contribution >= 0.6 is 22.7 Å². The van der Waals surface area contributed by atoms with E-state index in [4.69, 9.17) is 4.99 Å². The van der Waals surface area contributed by atoms with Gasteiger partial charge >= 0.3 is 0 Å². The second kappa shape index (κ2) is 18.9. The van der Waals surface area contributed by atoms with Crippen LogP contribution in [0.2, 0.25) is 0 Å². The molecular weight excluding hydrogens is 847 g/mol. The van der Waals surface area contributed by atoms with Crippen molar-refractivity contribution in [1.82, 2.24) is 40.2 Å². The standard InChI is InChI=1S/C48H59N9O5S2/c1-26-29(4)64-47-40(26)41(51-36(23-39(60)55(9)10)44-54-53-30(5)57(44)47)33-16-14-31(15-17-33)12-11-13-38(59)52-43(48(6,7)8)46(62)56-24-35(58)22-37(56)45(61)50-27(2)32-18-20-34(21-19-32)42-28(3)49-25-63-42/h14-21,25,27,35-37,43,58H,11-13,22-24H2,1-10H3,(H,50,61)(H,52,59)/t27-,35+,36-,37-,43+/m0/s1. The van der Waals surface area contributed by atoms with Crippen molar-refractivity contribution >= 4 is 52.0 Å². The van der Waals surface area contributed by atoms with E-state index < -0.39 is 35.6 Å². The summed E-state index contributed by atoms with van der Waals surface area (Å²) in [5, 5.41) is 26.6. The van der Waals surface area contributed by atoms with E-state index in [1.54, 1.807) is 41.7 Å². The van der Waals surface area contributed by atoms with Crippen molar-refractivity contribution < 1.29 is 24.3 Å². The van der Waals surface area contributed by atoms with Gasteiger partial charge in [-0.2, -0.15) is 0 Å². The Kier molecular flexibility index (Phi) is 13.7. The highest BCUT2D eigenvalue weighted by atomic mass is 32.1. The summed E-state index contributed by atoms with van der Waals surface area (Å²) in [5.41, 5.74) is 8.97. The van der Waals surface area contributed by atoms with Gasteiger partial charge in [0.25, 0.3) is 0 Å². The zero-order chi connectivity index (χ0) is 46.2. The Hall–Kier alpha value is -5.58. The number of benzene rings is 2. The van der Waals surface area contributed by atoms with E-state index in [1.165, 1.54) is 9.78 Å². The van der Waals surface area contributed by atoms with Crippen LogP contribution in [0.15, 0.2) is 59.0 Å². The Balaban J connectivity index is 0.990. The fourth-order valence-electron chi connectivity index (χ4n) is 8.40. The number of hydrogen-bond donors (Lipinski definition) is 3. The number of likely N-dealkylation sites (tertiary alicyclic amines) is 1. The zero-order valence-corrected chi connectivity index (χ0v) is 40.0. The number of thiazole rings is 1. The molecule has 16 heteroatoms. The van der Waals surface area contributed by atoms with Gasteiger partial charge in [-0.15, -0.1) is 32.9 Å². The normalized spacial score (nSPS) is 18.1. The monoisotopic (exact) mass is 905 g/mol. The van der Waals surface area contributed by atoms with Gasteiger partial charge in [0.1, 0.15) is 29.0 Å². The average Bonchev–Trinajstić information content (AvgIpc) is 4.01. The van der Waals surface area contributed by atoms with Crippen molar-refractivity contribution in [3.8, 4) is 15.4 Å². The van der Waals surface area contributed by atoms with E-state index in [-0.39, 0.29) is 49.6 Å². The molecule has 0 aliphatic carbocycles. The molecule has 1 fully saturated rings. The van der Waals surface area contributed by atoms with Crippen molar-refractivity contribution in [1.29, 1.82) is 0 Å². The maximum atomic E-state index is 14.2. The first-order chi connectivity index (χ1) is 30.3. The number of amides is 4. The molecule has 2 aliphatic heterocycles. The number of nitrogens with zero attached hydrogens (tertiary/aromatic N) is 7. The molecule has 0 bridgehead atoms. The molecule has 0 spiro atoms. The predicted octanol–water partition coefficient (Wildman–Crippen LogP) is 6.75. The Morgan fingerprint density at radius 2 is 1.64 bits per heavy atom. The Morgan fingerprint density at radius 1 is 0.953 bits per heavy atom. The lowest BCUT2D eigenvalue weighted by atomic mass is 9.85. The van der Waals surface area contributed by atoms with Gasteiger partial charge < -0.3 is 25.5 Å². The maximum absolute atomic E-state index is 14.2. The van der Waals surface area contributed by atoms with E-state index in [0.29, 0.717) is 18.7 Å². The number of rotatable bonds is 13. The Morgan fingerprint density at radius 3 is 2.28 bits per heavy atom. The highest BCUT2D eigenvalue weighted by Crippen LogP contribution is 2.40. The lowest BCUT2D eigenvalue weighted by Crippen LogP contribution is -2.57. The van der Waals surface area contributed by atoms with Crippen molar-refractivity contribution in [2.45, 2.75) is 118 Å². The van der Waals surface area contributed by atoms with Crippen LogP contribution in [0.4, 0.5) is 0 Å². The van der Waals surface area contributed by atoms with Gasteiger partial charge in [0.05, 0.1) is 40.4 Å². The number of aromatic nitrogens is 4. The zero-order valence-electron chi connectivity index (χ0n) is 38.4. The maximum Gasteiger partial charge on any atom is 0.246 e. The first-order valence-electron chi connectivity index (χ1n) is 21.8. The molecule has 5 aromatic rings. The van der Waals surface area contributed by atoms with Gasteiger partial charge in [-0.05, 0) is 75.1 Å². The Bertz CT molecular complexity index is 2570. The Labute approximate surface area is 383 Å². The van der Waals surface area contributed by atoms with Crippen LogP contribution in [-0.4, -0.2) is 103 Å². The topological polar surface area (TPSA) is 175 Å². The molecule has 3 N–H and O–H groups in total. The van der Waals surface area contributed by atoms with Gasteiger partial charge in [-0.25, -0.2) is 4.98 Å². The third kappa shape index (κ3) is 9.73. The molecule has 2 aromatic carbocycles. The molecule has 0 unspecified atom stereocenters. The van der Waals surface area contributed by atoms with Crippen LogP contribution in [0, 0.1) is 33.1 Å². The number of aryl methyl sites for hydroxylation is 4. The number of thiophene rings is 1. The summed E-state index contributed by atoms with van der Waals surface area (Å²) in [7, 11) is 3.47. The molecule has 14 nitrogen and oxygen atoms in total. The number of aliphatic hydroxyl groups excluding tert-OH is 1. The number of β-amino-alcohol motifs (C(OH)–C–C–N with tert-alkyl or cyclic N) is 1. The van der Waals surface area contributed by atoms with Crippen LogP contribution in [0.3, 0.4) is 0 Å². The van der Waals surface area contributed by atoms with E-state index >= 15 is 0 Å². The van der Waals surface area contributed by atoms with Crippen LogP contribution < -0.4 is 10.6 Å². The summed E-state index contributed by atoms with van der Waals surface area (Å²) in [6, 6.07) is 13.5. The van der Waals surface area contributed by atoms with Crippen molar-refractivity contribution in [3.05, 3.63) is 104 Å². The predicted molar refractivity (Wildman–Crippen MR) is 251 cm³/mol. The number of nitrogens with one attached hydrogen (secondary N) is 2. The summed E-state index contributed by atoms with van der Waals surface area (Å²) in [6.07, 6.45) is 0.761. The second-order valence-electron chi connectivity index (χ2n) is 18.3. The van der Waals surface area contributed by atoms with Crippen molar-refractivity contribution in [3.63, 3.8) is 0 Å². The molecule has 338 valence electrons. The molecule has 3 aromatic heterocycles. The fourth-order valence-corrected chi connectivity index (χ4v) is 10.4. The molecule has 5 heterocycles. The van der Waals surface area contributed by atoms with Crippen LogP contribution in [0.5, 0.6) is 0 Å². The van der Waals surface area contributed by atoms with E-state index in [0.717, 1.165) is 60.5 Å². The number of fused-ring (bicyclic) bond motifs is 3. The minimum Gasteiger partial charge on any atom is -0.391 e. The number of carbonyl (C=O) groups excluding carboxylic acids is 4. The molecule has 64 heavy (non-hydrogen) atoms. The van der Waals surface area contributed by atoms with E-state index in [2.05, 4.69) is 39.7 Å². The van der Waals surface area contributed by atoms with Crippen molar-refractivity contribution in [2.24, 2.45) is 10.4 Å². The largest absolute Gasteiger partial charge is 0.391 e.